The van der Waals surface area contributed by atoms with Crippen LogP contribution in [0.1, 0.15) is 127 Å². The number of methoxy groups -OCH3 is 2. The number of halogens is 4. The molecule has 15 aromatic rings. The van der Waals surface area contributed by atoms with Crippen molar-refractivity contribution in [2.75, 3.05) is 109 Å². The fourth-order valence-electron chi connectivity index (χ4n) is 14.9. The van der Waals surface area contributed by atoms with Crippen LogP contribution in [0.25, 0.3) is 28.2 Å². The number of nitrogens with two attached hydrogens (primary N) is 5. The van der Waals surface area contributed by atoms with E-state index in [0.717, 1.165) is 140 Å². The SMILES string of the molecule is CC(C)Oc1ccncc1NC(=O)c1c(N)nn2cc3c(nc12)CCNC3.COc1c(Cl)cncc1NC(=O)c1c(N)nn2cc3c(nc12)CCNC3.COc1ccncc1NC(=O)c1c(N)nn2cc3c(nc12)CCNC3.Cc1ccncc1NC(=O)c1c(N)nn2cc3c(nc12)CCNC3.Nc1nn2cc3c(nc2c1C(=O)Nc1cnccc1OCC(F)(F)F)CCNC3. The van der Waals surface area contributed by atoms with Gasteiger partial charge in [0.1, 0.15) is 72.8 Å². The van der Waals surface area contributed by atoms with Crippen LogP contribution >= 0.6 is 11.6 Å². The Morgan fingerprint density at radius 2 is 0.702 bits per heavy atom. The molecule has 0 saturated heterocycles. The van der Waals surface area contributed by atoms with E-state index in [-0.39, 0.29) is 85.5 Å². The number of nitrogen functional groups attached to an aromatic ring is 5. The molecule has 48 heteroatoms. The molecule has 131 heavy (non-hydrogen) atoms. The van der Waals surface area contributed by atoms with Crippen LogP contribution in [0.15, 0.2) is 117 Å². The Labute approximate surface area is 745 Å². The summed E-state index contributed by atoms with van der Waals surface area (Å²) in [7, 11) is 2.99. The van der Waals surface area contributed by atoms with Gasteiger partial charge < -0.3 is 101 Å². The number of nitrogens with one attached hydrogen (secondary N) is 10. The number of rotatable bonds is 16. The molecule has 20 rings (SSSR count). The van der Waals surface area contributed by atoms with Gasteiger partial charge in [-0.2, -0.15) is 13.2 Å². The van der Waals surface area contributed by atoms with E-state index < -0.39 is 36.4 Å². The number of pyridine rings is 5. The first-order valence-electron chi connectivity index (χ1n) is 41.0. The summed E-state index contributed by atoms with van der Waals surface area (Å²) in [6.45, 7) is 12.0. The molecule has 0 saturated carbocycles. The zero-order chi connectivity index (χ0) is 91.9. The quantitative estimate of drug-likeness (QED) is 0.0549. The Bertz CT molecular complexity index is 6920. The number of aryl methyl sites for hydroxylation is 1. The largest absolute Gasteiger partial charge is 0.494 e. The van der Waals surface area contributed by atoms with Crippen molar-refractivity contribution in [3.63, 3.8) is 0 Å². The van der Waals surface area contributed by atoms with Gasteiger partial charge in [0, 0.05) is 206 Å². The van der Waals surface area contributed by atoms with E-state index in [1.165, 1.54) is 60.3 Å². The number of alkyl halides is 3. The molecule has 0 atom stereocenters. The lowest BCUT2D eigenvalue weighted by Gasteiger charge is -2.16. The monoisotopic (exact) mass is 1810 g/mol. The molecule has 5 aliphatic heterocycles. The Morgan fingerprint density at radius 3 is 1.02 bits per heavy atom. The van der Waals surface area contributed by atoms with Gasteiger partial charge in [0.05, 0.1) is 85.5 Å². The van der Waals surface area contributed by atoms with E-state index in [0.29, 0.717) is 87.7 Å². The predicted molar refractivity (Wildman–Crippen MR) is 475 cm³/mol. The summed E-state index contributed by atoms with van der Waals surface area (Å²) in [5, 5.41) is 51.3. The van der Waals surface area contributed by atoms with Crippen molar-refractivity contribution < 1.29 is 56.1 Å². The van der Waals surface area contributed by atoms with Crippen LogP contribution < -0.4 is 101 Å². The van der Waals surface area contributed by atoms with E-state index in [9.17, 15) is 37.1 Å². The van der Waals surface area contributed by atoms with Crippen LogP contribution in [0.5, 0.6) is 23.0 Å². The summed E-state index contributed by atoms with van der Waals surface area (Å²) in [5.74, 6) is -0.597. The van der Waals surface area contributed by atoms with Crippen molar-refractivity contribution in [3.8, 4) is 23.0 Å². The number of ether oxygens (including phenoxy) is 4. The van der Waals surface area contributed by atoms with Crippen LogP contribution in [-0.4, -0.2) is 193 Å². The molecular formula is C83H87ClF3N35O9. The number of amides is 5. The third-order valence-electron chi connectivity index (χ3n) is 21.1. The van der Waals surface area contributed by atoms with Crippen molar-refractivity contribution in [1.82, 2.24) is 124 Å². The minimum Gasteiger partial charge on any atom is -0.494 e. The highest BCUT2D eigenvalue weighted by Crippen LogP contribution is 2.36. The lowest BCUT2D eigenvalue weighted by atomic mass is 10.1. The molecule has 0 radical (unpaired) electrons. The highest BCUT2D eigenvalue weighted by molar-refractivity contribution is 6.32. The van der Waals surface area contributed by atoms with Gasteiger partial charge in [0.2, 0.25) is 0 Å². The minimum atomic E-state index is -4.52. The standard InChI is InChI=1S/C18H21N7O2.C17H16F3N7O2.C16H16ClN7O2.C16H17N7O2.C16H17N7O/c1-10(2)27-14-4-6-21-8-13(14)23-18(26)15-16(19)24-25-9-11-7-20-5-3-12(11)22-17(15)25;18-17(19,20)8-29-12-2-4-23-6-11(12)25-16(28)13-14(21)26-27-7-9-5-22-3-1-10(9)24-15(13)27;1-26-13-9(17)5-20-6-11(13)22-16(25)12-14(18)23-24-7-8-4-19-3-2-10(8)21-15(12)24;1-25-12-3-5-19-7-11(12)21-16(24)13-14(17)22-23-8-9-6-18-4-2-10(9)20-15(13)23;1-9-2-4-19-7-12(9)21-16(24)13-14(17)22-23-8-10-6-18-5-3-11(10)20-15(13)23/h4,6,8-10,20H,3,5,7H2,1-2H3,(H2,19,24)(H,23,26);2,4,6-7,22H,1,3,5,8H2,(H2,21,26)(H,25,28);5-7,19H,2-4H2,1H3,(H2,18,23)(H,22,25);3,5,7-8,18H,2,4,6H2,1H3,(H2,17,22)(H,21,24);2,4,7-8,18H,3,5-6H2,1H3,(H2,17,22)(H,21,24). The number of fused-ring (bicyclic) bond motifs is 10. The van der Waals surface area contributed by atoms with E-state index >= 15 is 0 Å². The van der Waals surface area contributed by atoms with Gasteiger partial charge in [-0.05, 0) is 32.4 Å². The first-order valence-corrected chi connectivity index (χ1v) is 41.3. The second-order valence-electron chi connectivity index (χ2n) is 30.4. The maximum Gasteiger partial charge on any atom is 0.422 e. The number of hydrogen-bond donors (Lipinski definition) is 15. The Kier molecular flexibility index (Phi) is 26.0. The van der Waals surface area contributed by atoms with Gasteiger partial charge in [-0.1, -0.05) is 11.6 Å². The zero-order valence-corrected chi connectivity index (χ0v) is 71.6. The van der Waals surface area contributed by atoms with Crippen molar-refractivity contribution in [2.24, 2.45) is 0 Å². The zero-order valence-electron chi connectivity index (χ0n) is 70.9. The maximum atomic E-state index is 12.9. The fourth-order valence-corrected chi connectivity index (χ4v) is 15.1. The molecule has 676 valence electrons. The summed E-state index contributed by atoms with van der Waals surface area (Å²) < 4.78 is 65.9. The highest BCUT2D eigenvalue weighted by atomic mass is 35.5. The van der Waals surface area contributed by atoms with Crippen LogP contribution in [0.2, 0.25) is 5.02 Å². The fraction of sp³-hybridized carbons (Fsp3) is 0.277. The maximum absolute atomic E-state index is 12.9. The van der Waals surface area contributed by atoms with Crippen molar-refractivity contribution in [2.45, 2.75) is 97.9 Å². The molecule has 20 heterocycles. The van der Waals surface area contributed by atoms with Crippen LogP contribution in [0.3, 0.4) is 0 Å². The minimum absolute atomic E-state index is 0.0250. The van der Waals surface area contributed by atoms with Crippen LogP contribution in [-0.2, 0) is 64.8 Å². The second-order valence-corrected chi connectivity index (χ2v) is 30.8. The normalized spacial score (nSPS) is 13.6. The molecule has 0 aromatic carbocycles. The number of carbonyl (C=O) groups excluding carboxylic acids is 5. The third-order valence-corrected chi connectivity index (χ3v) is 21.3. The Hall–Kier alpha value is -15.7. The number of anilines is 10. The summed E-state index contributed by atoms with van der Waals surface area (Å²) in [6.07, 6.45) is 23.4. The summed E-state index contributed by atoms with van der Waals surface area (Å²) in [4.78, 5) is 107. The average molecular weight is 1810 g/mol. The third kappa shape index (κ3) is 19.6. The molecule has 0 aliphatic carbocycles. The smallest absolute Gasteiger partial charge is 0.422 e. The second kappa shape index (κ2) is 38.5. The van der Waals surface area contributed by atoms with E-state index in [1.807, 2.05) is 51.6 Å². The van der Waals surface area contributed by atoms with Gasteiger partial charge in [-0.3, -0.25) is 48.9 Å². The average Bonchev–Trinajstić information content (AvgIpc) is 1.65. The van der Waals surface area contributed by atoms with Crippen molar-refractivity contribution >= 4 is 127 Å². The van der Waals surface area contributed by atoms with Gasteiger partial charge in [-0.25, -0.2) is 47.5 Å². The molecule has 20 N–H and O–H groups in total. The van der Waals surface area contributed by atoms with Gasteiger partial charge in [0.25, 0.3) is 29.5 Å². The van der Waals surface area contributed by atoms with E-state index in [1.54, 1.807) is 62.9 Å². The molecular weight excluding hydrogens is 1720 g/mol. The molecule has 44 nitrogen and oxygen atoms in total. The topological polar surface area (TPSA) is 588 Å². The molecule has 5 aliphatic rings. The molecule has 0 spiro atoms. The van der Waals surface area contributed by atoms with Crippen LogP contribution in [0.4, 0.5) is 70.7 Å². The van der Waals surface area contributed by atoms with E-state index in [4.69, 9.17) is 59.2 Å². The summed E-state index contributed by atoms with van der Waals surface area (Å²) >= 11 is 6.05. The summed E-state index contributed by atoms with van der Waals surface area (Å²) in [5.41, 5.74) is 45.6. The molecule has 15 aromatic heterocycles. The molecule has 0 fully saturated rings. The Balaban J connectivity index is 0.000000120. The van der Waals surface area contributed by atoms with Gasteiger partial charge in [0.15, 0.2) is 69.7 Å². The van der Waals surface area contributed by atoms with Crippen LogP contribution in [0, 0.1) is 6.92 Å². The molecule has 0 bridgehead atoms. The molecule has 0 unspecified atom stereocenters. The number of nitrogens with zero attached hydrogens (tertiary/aromatic N) is 20. The van der Waals surface area contributed by atoms with Crippen molar-refractivity contribution in [1.29, 1.82) is 0 Å². The lowest BCUT2D eigenvalue weighted by molar-refractivity contribution is -0.153. The lowest BCUT2D eigenvalue weighted by Crippen LogP contribution is -2.25. The number of aromatic nitrogens is 20. The number of carbonyl (C=O) groups is 5. The number of hydrogen-bond acceptors (Lipinski definition) is 34. The predicted octanol–water partition coefficient (Wildman–Crippen LogP) is 5.73. The first kappa shape index (κ1) is 88.7. The van der Waals surface area contributed by atoms with Gasteiger partial charge >= 0.3 is 6.18 Å². The highest BCUT2D eigenvalue weighted by Gasteiger charge is 2.33. The first-order chi connectivity index (χ1) is 63.2. The summed E-state index contributed by atoms with van der Waals surface area (Å²) in [6, 6.07) is 6.42. The molecule has 5 amide bonds. The van der Waals surface area contributed by atoms with Crippen molar-refractivity contribution in [3.05, 3.63) is 212 Å². The van der Waals surface area contributed by atoms with Gasteiger partial charge in [-0.15, -0.1) is 25.5 Å². The van der Waals surface area contributed by atoms with E-state index in [2.05, 4.69) is 129 Å². The Morgan fingerprint density at radius 1 is 0.412 bits per heavy atom.